The molecule has 0 aromatic heterocycles. The van der Waals surface area contributed by atoms with E-state index in [9.17, 15) is 0 Å². The van der Waals surface area contributed by atoms with Gasteiger partial charge in [0.1, 0.15) is 0 Å². The summed E-state index contributed by atoms with van der Waals surface area (Å²) >= 11 is 7.16. The maximum absolute atomic E-state index is 3.58. The van der Waals surface area contributed by atoms with Crippen molar-refractivity contribution in [3.8, 4) is 0 Å². The summed E-state index contributed by atoms with van der Waals surface area (Å²) in [6.45, 7) is 0. The molecule has 1 aliphatic rings. The van der Waals surface area contributed by atoms with Gasteiger partial charge in [-0.15, -0.1) is 0 Å². The van der Waals surface area contributed by atoms with Crippen LogP contribution in [0.2, 0.25) is 0 Å². The first-order chi connectivity index (χ1) is 9.69. The largest absolute Gasteiger partial charge is 0.313 e. The highest BCUT2D eigenvalue weighted by molar-refractivity contribution is 9.11. The molecule has 3 unspecified atom stereocenters. The highest BCUT2D eigenvalue weighted by atomic mass is 79.9. The standard InChI is InChI=1S/C17H17Br2N/c1-20-17(12-7-13(18)9-14(19)8-12)16-10-15(16)11-5-3-2-4-6-11/h2-9,15-17,20H,10H2,1H3. The number of hydrogen-bond donors (Lipinski definition) is 1. The third kappa shape index (κ3) is 3.00. The van der Waals surface area contributed by atoms with E-state index in [2.05, 4.69) is 92.8 Å². The summed E-state index contributed by atoms with van der Waals surface area (Å²) < 4.78 is 2.25. The summed E-state index contributed by atoms with van der Waals surface area (Å²) in [5.41, 5.74) is 2.81. The zero-order chi connectivity index (χ0) is 14.1. The molecule has 0 radical (unpaired) electrons. The monoisotopic (exact) mass is 393 g/mol. The van der Waals surface area contributed by atoms with Gasteiger partial charge in [-0.05, 0) is 54.6 Å². The van der Waals surface area contributed by atoms with E-state index in [0.29, 0.717) is 17.9 Å². The van der Waals surface area contributed by atoms with Gasteiger partial charge in [-0.2, -0.15) is 0 Å². The van der Waals surface area contributed by atoms with Crippen LogP contribution in [0.4, 0.5) is 0 Å². The van der Waals surface area contributed by atoms with Crippen molar-refractivity contribution < 1.29 is 0 Å². The Morgan fingerprint density at radius 2 is 1.70 bits per heavy atom. The second kappa shape index (κ2) is 6.00. The van der Waals surface area contributed by atoms with Crippen LogP contribution in [-0.4, -0.2) is 7.05 Å². The molecule has 0 heterocycles. The van der Waals surface area contributed by atoms with Gasteiger partial charge in [0.25, 0.3) is 0 Å². The zero-order valence-electron chi connectivity index (χ0n) is 11.3. The molecular weight excluding hydrogens is 378 g/mol. The molecule has 104 valence electrons. The number of halogens is 2. The number of hydrogen-bond acceptors (Lipinski definition) is 1. The van der Waals surface area contributed by atoms with E-state index in [1.807, 2.05) is 0 Å². The Bertz CT molecular complexity index is 577. The lowest BCUT2D eigenvalue weighted by Gasteiger charge is -2.18. The highest BCUT2D eigenvalue weighted by Gasteiger charge is 2.43. The van der Waals surface area contributed by atoms with Crippen LogP contribution in [-0.2, 0) is 0 Å². The molecule has 3 heteroatoms. The minimum atomic E-state index is 0.411. The Kier molecular flexibility index (Phi) is 4.29. The molecule has 1 fully saturated rings. The Morgan fingerprint density at radius 3 is 2.30 bits per heavy atom. The normalized spacial score (nSPS) is 22.6. The van der Waals surface area contributed by atoms with Crippen molar-refractivity contribution in [1.29, 1.82) is 0 Å². The Hall–Kier alpha value is -0.640. The van der Waals surface area contributed by atoms with Crippen molar-refractivity contribution >= 4 is 31.9 Å². The fourth-order valence-electron chi connectivity index (χ4n) is 3.05. The maximum Gasteiger partial charge on any atom is 0.0353 e. The minimum absolute atomic E-state index is 0.411. The van der Waals surface area contributed by atoms with Crippen molar-refractivity contribution in [2.24, 2.45) is 5.92 Å². The minimum Gasteiger partial charge on any atom is -0.313 e. The highest BCUT2D eigenvalue weighted by Crippen LogP contribution is 2.54. The molecule has 0 aliphatic heterocycles. The van der Waals surface area contributed by atoms with E-state index >= 15 is 0 Å². The third-order valence-electron chi connectivity index (χ3n) is 4.05. The van der Waals surface area contributed by atoms with Crippen LogP contribution in [0.5, 0.6) is 0 Å². The molecular formula is C17H17Br2N. The second-order valence-electron chi connectivity index (χ2n) is 5.39. The predicted molar refractivity (Wildman–Crippen MR) is 90.9 cm³/mol. The van der Waals surface area contributed by atoms with Crippen LogP contribution in [0.1, 0.15) is 29.5 Å². The molecule has 0 spiro atoms. The first kappa shape index (κ1) is 14.3. The average Bonchev–Trinajstić information content (AvgIpc) is 3.20. The van der Waals surface area contributed by atoms with Gasteiger partial charge >= 0.3 is 0 Å². The summed E-state index contributed by atoms with van der Waals surface area (Å²) in [6.07, 6.45) is 1.26. The first-order valence-corrected chi connectivity index (χ1v) is 8.46. The van der Waals surface area contributed by atoms with Gasteiger partial charge in [0.15, 0.2) is 0 Å². The molecule has 20 heavy (non-hydrogen) atoms. The Morgan fingerprint density at radius 1 is 1.05 bits per heavy atom. The maximum atomic E-state index is 3.58. The van der Waals surface area contributed by atoms with E-state index in [4.69, 9.17) is 0 Å². The molecule has 3 atom stereocenters. The molecule has 0 bridgehead atoms. The van der Waals surface area contributed by atoms with Crippen molar-refractivity contribution in [2.75, 3.05) is 7.05 Å². The van der Waals surface area contributed by atoms with Crippen LogP contribution in [0.3, 0.4) is 0 Å². The molecule has 1 saturated carbocycles. The van der Waals surface area contributed by atoms with Gasteiger partial charge in [0.05, 0.1) is 0 Å². The van der Waals surface area contributed by atoms with Gasteiger partial charge < -0.3 is 5.32 Å². The lowest BCUT2D eigenvalue weighted by atomic mass is 9.99. The molecule has 3 rings (SSSR count). The van der Waals surface area contributed by atoms with Crippen LogP contribution in [0, 0.1) is 5.92 Å². The molecule has 1 aliphatic carbocycles. The molecule has 2 aromatic rings. The molecule has 1 N–H and O–H groups in total. The summed E-state index contributed by atoms with van der Waals surface area (Å²) in [5.74, 6) is 1.37. The smallest absolute Gasteiger partial charge is 0.0353 e. The third-order valence-corrected chi connectivity index (χ3v) is 4.97. The molecule has 0 saturated heterocycles. The van der Waals surface area contributed by atoms with Gasteiger partial charge in [-0.1, -0.05) is 62.2 Å². The van der Waals surface area contributed by atoms with Crippen molar-refractivity contribution in [1.82, 2.24) is 5.32 Å². The zero-order valence-corrected chi connectivity index (χ0v) is 14.5. The van der Waals surface area contributed by atoms with Crippen molar-refractivity contribution in [3.63, 3.8) is 0 Å². The fourth-order valence-corrected chi connectivity index (χ4v) is 4.38. The summed E-state index contributed by atoms with van der Waals surface area (Å²) in [7, 11) is 2.06. The number of nitrogens with one attached hydrogen (secondary N) is 1. The van der Waals surface area contributed by atoms with Crippen LogP contribution >= 0.6 is 31.9 Å². The average molecular weight is 395 g/mol. The van der Waals surface area contributed by atoms with E-state index in [-0.39, 0.29) is 0 Å². The van der Waals surface area contributed by atoms with Gasteiger partial charge in [0.2, 0.25) is 0 Å². The van der Waals surface area contributed by atoms with E-state index < -0.39 is 0 Å². The predicted octanol–water partition coefficient (Wildman–Crippen LogP) is 5.28. The van der Waals surface area contributed by atoms with Gasteiger partial charge in [0, 0.05) is 15.0 Å². The molecule has 0 amide bonds. The first-order valence-electron chi connectivity index (χ1n) is 6.87. The topological polar surface area (TPSA) is 12.0 Å². The Labute approximate surface area is 137 Å². The van der Waals surface area contributed by atoms with Gasteiger partial charge in [-0.3, -0.25) is 0 Å². The fraction of sp³-hybridized carbons (Fsp3) is 0.294. The quantitative estimate of drug-likeness (QED) is 0.744. The summed E-state index contributed by atoms with van der Waals surface area (Å²) in [4.78, 5) is 0. The number of benzene rings is 2. The van der Waals surface area contributed by atoms with Crippen LogP contribution in [0.15, 0.2) is 57.5 Å². The van der Waals surface area contributed by atoms with E-state index in [0.717, 1.165) is 8.95 Å². The van der Waals surface area contributed by atoms with E-state index in [1.54, 1.807) is 0 Å². The molecule has 2 aromatic carbocycles. The SMILES string of the molecule is CNC(c1cc(Br)cc(Br)c1)C1CC1c1ccccc1. The van der Waals surface area contributed by atoms with Crippen molar-refractivity contribution in [2.45, 2.75) is 18.4 Å². The van der Waals surface area contributed by atoms with E-state index in [1.165, 1.54) is 17.5 Å². The number of rotatable bonds is 4. The second-order valence-corrected chi connectivity index (χ2v) is 7.22. The summed E-state index contributed by atoms with van der Waals surface area (Å²) in [5, 5.41) is 3.49. The lowest BCUT2D eigenvalue weighted by molar-refractivity contribution is 0.517. The summed E-state index contributed by atoms with van der Waals surface area (Å²) in [6, 6.07) is 17.8. The van der Waals surface area contributed by atoms with Crippen LogP contribution in [0.25, 0.3) is 0 Å². The Balaban J connectivity index is 1.82. The molecule has 1 nitrogen and oxygen atoms in total. The van der Waals surface area contributed by atoms with Crippen molar-refractivity contribution in [3.05, 3.63) is 68.6 Å². The lowest BCUT2D eigenvalue weighted by Crippen LogP contribution is -2.19. The van der Waals surface area contributed by atoms with Crippen LogP contribution < -0.4 is 5.32 Å². The van der Waals surface area contributed by atoms with Gasteiger partial charge in [-0.25, -0.2) is 0 Å².